The predicted octanol–water partition coefficient (Wildman–Crippen LogP) is 3.41. The fourth-order valence-corrected chi connectivity index (χ4v) is 4.01. The number of anilines is 2. The second-order valence-corrected chi connectivity index (χ2v) is 6.46. The minimum atomic E-state index is 0.441. The summed E-state index contributed by atoms with van der Waals surface area (Å²) in [6, 6.07) is 0.709. The molecule has 1 N–H and O–H groups in total. The summed E-state index contributed by atoms with van der Waals surface area (Å²) in [6.07, 6.45) is 8.57. The zero-order valence-corrected chi connectivity index (χ0v) is 12.9. The topological polar surface area (TPSA) is 41.1 Å². The maximum atomic E-state index is 4.66. The largest absolute Gasteiger partial charge is 0.373 e. The highest BCUT2D eigenvalue weighted by atomic mass is 15.2. The van der Waals surface area contributed by atoms with Crippen molar-refractivity contribution in [3.8, 4) is 0 Å². The fraction of sp³-hybridized carbons (Fsp3) is 0.750. The summed E-state index contributed by atoms with van der Waals surface area (Å²) in [6.45, 7) is 5.63. The van der Waals surface area contributed by atoms with E-state index in [1.54, 1.807) is 6.33 Å². The van der Waals surface area contributed by atoms with E-state index < -0.39 is 0 Å². The van der Waals surface area contributed by atoms with Crippen molar-refractivity contribution in [3.63, 3.8) is 0 Å². The summed E-state index contributed by atoms with van der Waals surface area (Å²) >= 11 is 0. The minimum Gasteiger partial charge on any atom is -0.373 e. The third-order valence-corrected chi connectivity index (χ3v) is 4.96. The lowest BCUT2D eigenvalue weighted by Gasteiger charge is -2.34. The summed E-state index contributed by atoms with van der Waals surface area (Å²) in [4.78, 5) is 11.6. The van der Waals surface area contributed by atoms with Gasteiger partial charge in [0.1, 0.15) is 18.0 Å². The Kier molecular flexibility index (Phi) is 3.81. The summed E-state index contributed by atoms with van der Waals surface area (Å²) in [7, 11) is 1.95. The molecule has 2 heterocycles. The van der Waals surface area contributed by atoms with Gasteiger partial charge in [-0.25, -0.2) is 9.97 Å². The van der Waals surface area contributed by atoms with Crippen molar-refractivity contribution < 1.29 is 0 Å². The van der Waals surface area contributed by atoms with Gasteiger partial charge in [-0.2, -0.15) is 0 Å². The molecule has 1 saturated heterocycles. The molecule has 1 aliphatic heterocycles. The van der Waals surface area contributed by atoms with E-state index in [1.165, 1.54) is 43.5 Å². The molecule has 2 aliphatic rings. The average Bonchev–Trinajstić information content (AvgIpc) is 2.90. The van der Waals surface area contributed by atoms with Crippen molar-refractivity contribution in [3.05, 3.63) is 11.9 Å². The predicted molar refractivity (Wildman–Crippen MR) is 83.4 cm³/mol. The van der Waals surface area contributed by atoms with Gasteiger partial charge in [0.25, 0.3) is 0 Å². The van der Waals surface area contributed by atoms with Gasteiger partial charge in [-0.1, -0.05) is 26.7 Å². The van der Waals surface area contributed by atoms with Crippen molar-refractivity contribution in [1.82, 2.24) is 9.97 Å². The van der Waals surface area contributed by atoms with Crippen molar-refractivity contribution in [2.75, 3.05) is 23.8 Å². The van der Waals surface area contributed by atoms with E-state index in [9.17, 15) is 0 Å². The van der Waals surface area contributed by atoms with Gasteiger partial charge in [0.05, 0.1) is 0 Å². The lowest BCUT2D eigenvalue weighted by Crippen LogP contribution is -2.36. The molecule has 20 heavy (non-hydrogen) atoms. The molecule has 0 spiro atoms. The van der Waals surface area contributed by atoms with Gasteiger partial charge in [0.2, 0.25) is 0 Å². The SMILES string of the molecule is CNc1ncnc(N2CCC3CCCCC32)c1C(C)C. The van der Waals surface area contributed by atoms with Gasteiger partial charge in [0, 0.05) is 25.2 Å². The Labute approximate surface area is 122 Å². The summed E-state index contributed by atoms with van der Waals surface area (Å²) in [5, 5.41) is 3.24. The lowest BCUT2D eigenvalue weighted by atomic mass is 9.85. The van der Waals surface area contributed by atoms with Crippen LogP contribution in [0.5, 0.6) is 0 Å². The Balaban J connectivity index is 1.97. The van der Waals surface area contributed by atoms with Crippen molar-refractivity contribution in [1.29, 1.82) is 0 Å². The Morgan fingerprint density at radius 2 is 2.00 bits per heavy atom. The van der Waals surface area contributed by atoms with Crippen LogP contribution in [0.1, 0.15) is 57.4 Å². The Hall–Kier alpha value is -1.32. The molecule has 4 heteroatoms. The third kappa shape index (κ3) is 2.25. The molecule has 1 aliphatic carbocycles. The average molecular weight is 274 g/mol. The molecule has 0 aromatic carbocycles. The maximum Gasteiger partial charge on any atom is 0.137 e. The van der Waals surface area contributed by atoms with Crippen LogP contribution in [0.25, 0.3) is 0 Å². The maximum absolute atomic E-state index is 4.66. The van der Waals surface area contributed by atoms with Crippen LogP contribution in [0.4, 0.5) is 11.6 Å². The van der Waals surface area contributed by atoms with Crippen LogP contribution in [0.15, 0.2) is 6.33 Å². The van der Waals surface area contributed by atoms with Crippen LogP contribution in [0, 0.1) is 5.92 Å². The number of hydrogen-bond donors (Lipinski definition) is 1. The number of aromatic nitrogens is 2. The zero-order valence-electron chi connectivity index (χ0n) is 12.9. The van der Waals surface area contributed by atoms with Crippen molar-refractivity contribution >= 4 is 11.6 Å². The summed E-state index contributed by atoms with van der Waals surface area (Å²) in [5.74, 6) is 3.49. The monoisotopic (exact) mass is 274 g/mol. The van der Waals surface area contributed by atoms with Crippen molar-refractivity contribution in [2.24, 2.45) is 5.92 Å². The highest BCUT2D eigenvalue weighted by Crippen LogP contribution is 2.41. The van der Waals surface area contributed by atoms with Crippen LogP contribution in [0.2, 0.25) is 0 Å². The number of nitrogens with zero attached hydrogens (tertiary/aromatic N) is 3. The first-order valence-electron chi connectivity index (χ1n) is 8.01. The van der Waals surface area contributed by atoms with Gasteiger partial charge < -0.3 is 10.2 Å². The second-order valence-electron chi connectivity index (χ2n) is 6.46. The van der Waals surface area contributed by atoms with Crippen LogP contribution >= 0.6 is 0 Å². The molecule has 1 aromatic heterocycles. The molecule has 1 aromatic rings. The van der Waals surface area contributed by atoms with E-state index in [0.29, 0.717) is 12.0 Å². The Morgan fingerprint density at radius 1 is 1.20 bits per heavy atom. The molecule has 110 valence electrons. The van der Waals surface area contributed by atoms with Crippen molar-refractivity contribution in [2.45, 2.75) is 57.9 Å². The highest BCUT2D eigenvalue weighted by Gasteiger charge is 2.37. The molecule has 2 unspecified atom stereocenters. The third-order valence-electron chi connectivity index (χ3n) is 4.96. The number of hydrogen-bond acceptors (Lipinski definition) is 4. The zero-order chi connectivity index (χ0) is 14.1. The molecule has 0 amide bonds. The van der Waals surface area contributed by atoms with Gasteiger partial charge in [0.15, 0.2) is 0 Å². The standard InChI is InChI=1S/C16H26N4/c1-11(2)14-15(17-3)18-10-19-16(14)20-9-8-12-6-4-5-7-13(12)20/h10-13H,4-9H2,1-3H3,(H,17,18,19). The van der Waals surface area contributed by atoms with Gasteiger partial charge in [-0.3, -0.25) is 0 Å². The molecule has 0 radical (unpaired) electrons. The van der Waals surface area contributed by atoms with Crippen LogP contribution < -0.4 is 10.2 Å². The first kappa shape index (κ1) is 13.7. The molecular formula is C16H26N4. The normalized spacial score (nSPS) is 25.9. The molecule has 0 bridgehead atoms. The molecule has 2 atom stereocenters. The van der Waals surface area contributed by atoms with E-state index in [4.69, 9.17) is 0 Å². The first-order chi connectivity index (χ1) is 9.72. The highest BCUT2D eigenvalue weighted by molar-refractivity contribution is 5.61. The molecule has 4 nitrogen and oxygen atoms in total. The molecule has 2 fully saturated rings. The number of rotatable bonds is 3. The van der Waals surface area contributed by atoms with E-state index >= 15 is 0 Å². The smallest absolute Gasteiger partial charge is 0.137 e. The van der Waals surface area contributed by atoms with Crippen LogP contribution in [-0.4, -0.2) is 29.6 Å². The van der Waals surface area contributed by atoms with E-state index in [2.05, 4.69) is 34.0 Å². The molecule has 3 rings (SSSR count). The van der Waals surface area contributed by atoms with E-state index in [0.717, 1.165) is 18.3 Å². The summed E-state index contributed by atoms with van der Waals surface area (Å²) < 4.78 is 0. The quantitative estimate of drug-likeness (QED) is 0.917. The van der Waals surface area contributed by atoms with Gasteiger partial charge in [-0.05, 0) is 31.1 Å². The lowest BCUT2D eigenvalue weighted by molar-refractivity contribution is 0.341. The molecular weight excluding hydrogens is 248 g/mol. The molecule has 1 saturated carbocycles. The Morgan fingerprint density at radius 3 is 2.75 bits per heavy atom. The first-order valence-corrected chi connectivity index (χ1v) is 8.01. The van der Waals surface area contributed by atoms with Crippen LogP contribution in [-0.2, 0) is 0 Å². The second kappa shape index (κ2) is 5.58. The Bertz CT molecular complexity index is 472. The number of fused-ring (bicyclic) bond motifs is 1. The summed E-state index contributed by atoms with van der Waals surface area (Å²) in [5.41, 5.74) is 1.28. The fourth-order valence-electron chi connectivity index (χ4n) is 4.01. The van der Waals surface area contributed by atoms with E-state index in [1.807, 2.05) is 7.05 Å². The van der Waals surface area contributed by atoms with Crippen LogP contribution in [0.3, 0.4) is 0 Å². The minimum absolute atomic E-state index is 0.441. The van der Waals surface area contributed by atoms with Gasteiger partial charge >= 0.3 is 0 Å². The number of nitrogens with one attached hydrogen (secondary N) is 1. The van der Waals surface area contributed by atoms with E-state index in [-0.39, 0.29) is 0 Å². The van der Waals surface area contributed by atoms with Gasteiger partial charge in [-0.15, -0.1) is 0 Å².